The van der Waals surface area contributed by atoms with Crippen molar-refractivity contribution in [1.82, 2.24) is 29.9 Å². The molecule has 0 amide bonds. The normalized spacial score (nSPS) is 10.5. The zero-order valence-electron chi connectivity index (χ0n) is 18.0. The molecule has 0 saturated heterocycles. The second-order valence-corrected chi connectivity index (χ2v) is 7.46. The molecule has 1 aromatic carbocycles. The summed E-state index contributed by atoms with van der Waals surface area (Å²) in [6, 6.07) is 22.6. The standard InChI is InChI=1S/C26H19N6.Ir/c1-17-8-11-22(27-14-17)25-30-24(31-26(32-25)23-12-9-18(2)15-28-23)20-10-13-21(29-16-20)19-6-4-3-5-7-19;/h3-6,8-16H,1-2H3;/q-1;. The van der Waals surface area contributed by atoms with Gasteiger partial charge >= 0.3 is 0 Å². The molecule has 4 heterocycles. The summed E-state index contributed by atoms with van der Waals surface area (Å²) < 4.78 is 0. The van der Waals surface area contributed by atoms with Gasteiger partial charge in [0, 0.05) is 44.3 Å². The number of hydrogen-bond donors (Lipinski definition) is 0. The molecule has 1 radical (unpaired) electrons. The van der Waals surface area contributed by atoms with E-state index in [2.05, 4.69) is 36.0 Å². The van der Waals surface area contributed by atoms with Crippen LogP contribution in [0.15, 0.2) is 79.3 Å². The Labute approximate surface area is 205 Å². The van der Waals surface area contributed by atoms with Gasteiger partial charge in [0.05, 0.1) is 0 Å². The van der Waals surface area contributed by atoms with Gasteiger partial charge in [-0.3, -0.25) is 9.97 Å². The molecular weight excluding hydrogens is 589 g/mol. The molecular formula is C26H19IrN6-. The fraction of sp³-hybridized carbons (Fsp3) is 0.0769. The van der Waals surface area contributed by atoms with Gasteiger partial charge in [-0.2, -0.15) is 0 Å². The predicted octanol–water partition coefficient (Wildman–Crippen LogP) is 5.14. The number of aromatic nitrogens is 6. The van der Waals surface area contributed by atoms with Crippen LogP contribution in [0.1, 0.15) is 11.1 Å². The van der Waals surface area contributed by atoms with Crippen molar-refractivity contribution in [2.24, 2.45) is 0 Å². The SMILES string of the molecule is Cc1ccc(-c2nc(-c3ccc(-c4[c-]cccc4)nc3)nc(-c3ccc(C)cn3)n2)nc1.[Ir]. The maximum Gasteiger partial charge on any atom is 0.182 e. The number of benzene rings is 1. The molecule has 0 fully saturated rings. The minimum Gasteiger partial charge on any atom is -0.304 e. The Morgan fingerprint density at radius 3 is 1.64 bits per heavy atom. The first-order valence-corrected chi connectivity index (χ1v) is 10.2. The molecule has 0 aliphatic heterocycles. The van der Waals surface area contributed by atoms with Gasteiger partial charge in [-0.1, -0.05) is 24.3 Å². The van der Waals surface area contributed by atoms with Crippen LogP contribution >= 0.6 is 0 Å². The average Bonchev–Trinajstić information content (AvgIpc) is 2.85. The van der Waals surface area contributed by atoms with Crippen LogP contribution in [0.5, 0.6) is 0 Å². The molecule has 5 aromatic rings. The van der Waals surface area contributed by atoms with Gasteiger partial charge in [-0.15, -0.1) is 35.9 Å². The largest absolute Gasteiger partial charge is 0.304 e. The van der Waals surface area contributed by atoms with Crippen molar-refractivity contribution in [1.29, 1.82) is 0 Å². The third-order valence-corrected chi connectivity index (χ3v) is 4.92. The van der Waals surface area contributed by atoms with Crippen molar-refractivity contribution < 1.29 is 20.1 Å². The smallest absolute Gasteiger partial charge is 0.182 e. The third kappa shape index (κ3) is 5.06. The van der Waals surface area contributed by atoms with Crippen LogP contribution in [-0.2, 0) is 20.1 Å². The van der Waals surface area contributed by atoms with Gasteiger partial charge in [0.25, 0.3) is 0 Å². The molecule has 4 aromatic heterocycles. The van der Waals surface area contributed by atoms with E-state index >= 15 is 0 Å². The minimum atomic E-state index is 0. The van der Waals surface area contributed by atoms with E-state index in [1.165, 1.54) is 0 Å². The minimum absolute atomic E-state index is 0. The summed E-state index contributed by atoms with van der Waals surface area (Å²) in [4.78, 5) is 27.6. The number of aryl methyl sites for hydroxylation is 2. The van der Waals surface area contributed by atoms with Crippen molar-refractivity contribution in [3.05, 3.63) is 96.4 Å². The summed E-state index contributed by atoms with van der Waals surface area (Å²) in [6.07, 6.45) is 5.37. The number of hydrogen-bond acceptors (Lipinski definition) is 6. The molecule has 7 heteroatoms. The summed E-state index contributed by atoms with van der Waals surface area (Å²) in [5.74, 6) is 1.51. The van der Waals surface area contributed by atoms with Crippen LogP contribution in [-0.4, -0.2) is 29.9 Å². The van der Waals surface area contributed by atoms with Crippen LogP contribution in [0.2, 0.25) is 0 Å². The summed E-state index contributed by atoms with van der Waals surface area (Å²) in [5.41, 5.74) is 6.05. The monoisotopic (exact) mass is 608 g/mol. The number of rotatable bonds is 4. The molecule has 0 bridgehead atoms. The average molecular weight is 608 g/mol. The van der Waals surface area contributed by atoms with E-state index in [1.807, 2.05) is 74.5 Å². The third-order valence-electron chi connectivity index (χ3n) is 4.92. The van der Waals surface area contributed by atoms with Crippen molar-refractivity contribution in [3.8, 4) is 45.7 Å². The van der Waals surface area contributed by atoms with Crippen molar-refractivity contribution in [3.63, 3.8) is 0 Å². The maximum absolute atomic E-state index is 4.69. The van der Waals surface area contributed by atoms with E-state index in [4.69, 9.17) is 0 Å². The first-order valence-electron chi connectivity index (χ1n) is 10.2. The van der Waals surface area contributed by atoms with Crippen LogP contribution in [0.25, 0.3) is 45.7 Å². The molecule has 0 unspecified atom stereocenters. The summed E-state index contributed by atoms with van der Waals surface area (Å²) in [7, 11) is 0. The van der Waals surface area contributed by atoms with Crippen molar-refractivity contribution >= 4 is 0 Å². The maximum atomic E-state index is 4.69. The Kier molecular flexibility index (Phi) is 6.73. The van der Waals surface area contributed by atoms with Crippen LogP contribution in [0.4, 0.5) is 0 Å². The Bertz CT molecular complexity index is 1290. The van der Waals surface area contributed by atoms with Crippen LogP contribution in [0.3, 0.4) is 0 Å². The van der Waals surface area contributed by atoms with E-state index in [1.54, 1.807) is 18.6 Å². The summed E-state index contributed by atoms with van der Waals surface area (Å²) in [6.45, 7) is 3.99. The fourth-order valence-corrected chi connectivity index (χ4v) is 3.17. The summed E-state index contributed by atoms with van der Waals surface area (Å²) in [5, 5.41) is 0. The molecule has 0 aliphatic rings. The Balaban J connectivity index is 0.00000259. The van der Waals surface area contributed by atoms with Crippen LogP contribution in [0, 0.1) is 19.9 Å². The number of pyridine rings is 3. The van der Waals surface area contributed by atoms with Crippen molar-refractivity contribution in [2.75, 3.05) is 0 Å². The van der Waals surface area contributed by atoms with Gasteiger partial charge in [0.15, 0.2) is 17.5 Å². The molecule has 33 heavy (non-hydrogen) atoms. The van der Waals surface area contributed by atoms with Crippen LogP contribution < -0.4 is 0 Å². The van der Waals surface area contributed by atoms with E-state index in [-0.39, 0.29) is 20.1 Å². The second kappa shape index (κ2) is 9.86. The molecule has 0 aliphatic carbocycles. The van der Waals surface area contributed by atoms with Crippen molar-refractivity contribution in [2.45, 2.75) is 13.8 Å². The van der Waals surface area contributed by atoms with E-state index in [9.17, 15) is 0 Å². The molecule has 0 atom stereocenters. The van der Waals surface area contributed by atoms with Gasteiger partial charge in [0.2, 0.25) is 0 Å². The first-order chi connectivity index (χ1) is 15.7. The zero-order valence-corrected chi connectivity index (χ0v) is 20.4. The number of nitrogens with zero attached hydrogens (tertiary/aromatic N) is 6. The molecule has 163 valence electrons. The second-order valence-electron chi connectivity index (χ2n) is 7.46. The molecule has 0 saturated carbocycles. The van der Waals surface area contributed by atoms with Gasteiger partial charge < -0.3 is 4.98 Å². The molecule has 5 rings (SSSR count). The molecule has 6 nitrogen and oxygen atoms in total. The van der Waals surface area contributed by atoms with Gasteiger partial charge in [-0.05, 0) is 42.8 Å². The Hall–Kier alpha value is -3.67. The van der Waals surface area contributed by atoms with Gasteiger partial charge in [0.1, 0.15) is 11.4 Å². The Morgan fingerprint density at radius 1 is 0.576 bits per heavy atom. The van der Waals surface area contributed by atoms with E-state index in [0.29, 0.717) is 28.9 Å². The fourth-order valence-electron chi connectivity index (χ4n) is 3.17. The first kappa shape index (κ1) is 22.5. The van der Waals surface area contributed by atoms with E-state index < -0.39 is 0 Å². The topological polar surface area (TPSA) is 77.3 Å². The zero-order chi connectivity index (χ0) is 21.9. The Morgan fingerprint density at radius 2 is 1.15 bits per heavy atom. The summed E-state index contributed by atoms with van der Waals surface area (Å²) >= 11 is 0. The molecule has 0 spiro atoms. The molecule has 0 N–H and O–H groups in total. The van der Waals surface area contributed by atoms with Gasteiger partial charge in [-0.25, -0.2) is 15.0 Å². The predicted molar refractivity (Wildman–Crippen MR) is 123 cm³/mol. The van der Waals surface area contributed by atoms with E-state index in [0.717, 1.165) is 27.9 Å². The quantitative estimate of drug-likeness (QED) is 0.264.